The normalized spacial score (nSPS) is 16.7. The number of benzene rings is 2. The molecular formula is C26H26F3N3O5. The molecule has 2 aromatic rings. The van der Waals surface area contributed by atoms with Gasteiger partial charge in [0, 0.05) is 26.7 Å². The third kappa shape index (κ3) is 6.82. The van der Waals surface area contributed by atoms with Crippen LogP contribution in [-0.4, -0.2) is 71.8 Å². The van der Waals surface area contributed by atoms with Gasteiger partial charge in [-0.2, -0.15) is 13.2 Å². The highest BCUT2D eigenvalue weighted by Gasteiger charge is 2.44. The summed E-state index contributed by atoms with van der Waals surface area (Å²) in [5.74, 6) is -4.17. The molecule has 0 saturated heterocycles. The van der Waals surface area contributed by atoms with Crippen LogP contribution < -0.4 is 5.32 Å². The largest absolute Gasteiger partial charge is 0.452 e. The second-order valence-electron chi connectivity index (χ2n) is 8.37. The summed E-state index contributed by atoms with van der Waals surface area (Å²) >= 11 is 0. The molecule has 0 spiro atoms. The molecule has 1 aliphatic heterocycles. The van der Waals surface area contributed by atoms with Crippen LogP contribution in [0.3, 0.4) is 0 Å². The lowest BCUT2D eigenvalue weighted by molar-refractivity contribution is -0.173. The highest BCUT2D eigenvalue weighted by atomic mass is 19.4. The molecule has 0 aliphatic carbocycles. The molecule has 2 atom stereocenters. The van der Waals surface area contributed by atoms with Gasteiger partial charge in [0.1, 0.15) is 18.6 Å². The number of methoxy groups -OCH3 is 1. The number of halogens is 3. The first-order chi connectivity index (χ1) is 17.5. The van der Waals surface area contributed by atoms with Crippen LogP contribution in [0.4, 0.5) is 13.2 Å². The van der Waals surface area contributed by atoms with Crippen LogP contribution in [0.15, 0.2) is 66.9 Å². The Morgan fingerprint density at radius 3 is 2.16 bits per heavy atom. The first-order valence-corrected chi connectivity index (χ1v) is 11.3. The van der Waals surface area contributed by atoms with Crippen LogP contribution in [0.2, 0.25) is 0 Å². The van der Waals surface area contributed by atoms with Crippen molar-refractivity contribution in [3.63, 3.8) is 0 Å². The van der Waals surface area contributed by atoms with Crippen LogP contribution in [0.1, 0.15) is 18.1 Å². The van der Waals surface area contributed by atoms with Crippen molar-refractivity contribution in [1.29, 1.82) is 0 Å². The fourth-order valence-electron chi connectivity index (χ4n) is 3.97. The Balaban J connectivity index is 1.92. The second kappa shape index (κ2) is 11.8. The van der Waals surface area contributed by atoms with E-state index in [1.54, 1.807) is 60.7 Å². The fourth-order valence-corrected chi connectivity index (χ4v) is 3.97. The SMILES string of the molecule is COCC1C(=O)N(CC(=O)NC(Cc2ccccc2)C(=O)C(F)(F)F)C(c2ccccc2)=CN1C(C)=O. The molecule has 1 aliphatic rings. The van der Waals surface area contributed by atoms with Crippen molar-refractivity contribution in [1.82, 2.24) is 15.1 Å². The van der Waals surface area contributed by atoms with Gasteiger partial charge in [-0.1, -0.05) is 60.7 Å². The topological polar surface area (TPSA) is 96.0 Å². The van der Waals surface area contributed by atoms with Crippen molar-refractivity contribution in [2.24, 2.45) is 0 Å². The Bertz CT molecular complexity index is 1170. The zero-order chi connectivity index (χ0) is 27.2. The number of carbonyl (C=O) groups excluding carboxylic acids is 4. The molecule has 0 saturated carbocycles. The van der Waals surface area contributed by atoms with Gasteiger partial charge in [0.25, 0.3) is 11.7 Å². The molecule has 2 aromatic carbocycles. The number of rotatable bonds is 9. The number of amides is 3. The van der Waals surface area contributed by atoms with E-state index in [-0.39, 0.29) is 18.7 Å². The standard InChI is InChI=1S/C26H26F3N3O5/c1-17(33)31-14-21(19-11-7-4-8-12-19)32(25(36)22(31)16-37-2)15-23(34)30-20(24(35)26(27,28)29)13-18-9-5-3-6-10-18/h3-12,14,20,22H,13,15-16H2,1-2H3,(H,30,34). The zero-order valence-corrected chi connectivity index (χ0v) is 20.2. The molecule has 0 bridgehead atoms. The third-order valence-electron chi connectivity index (χ3n) is 5.71. The van der Waals surface area contributed by atoms with Gasteiger partial charge in [-0.05, 0) is 11.1 Å². The van der Waals surface area contributed by atoms with Gasteiger partial charge in [-0.15, -0.1) is 0 Å². The number of nitrogens with zero attached hydrogens (tertiary/aromatic N) is 2. The van der Waals surface area contributed by atoms with Gasteiger partial charge < -0.3 is 15.0 Å². The summed E-state index contributed by atoms with van der Waals surface area (Å²) in [6.07, 6.45) is -4.16. The molecule has 8 nitrogen and oxygen atoms in total. The van der Waals surface area contributed by atoms with E-state index in [2.05, 4.69) is 5.32 Å². The molecule has 1 N–H and O–H groups in total. The summed E-state index contributed by atoms with van der Waals surface area (Å²) in [6.45, 7) is 0.425. The highest BCUT2D eigenvalue weighted by Crippen LogP contribution is 2.27. The van der Waals surface area contributed by atoms with Crippen LogP contribution in [-0.2, 0) is 30.3 Å². The van der Waals surface area contributed by atoms with Crippen LogP contribution in [0, 0.1) is 0 Å². The predicted octanol–water partition coefficient (Wildman–Crippen LogP) is 2.55. The van der Waals surface area contributed by atoms with E-state index in [0.717, 1.165) is 4.90 Å². The molecule has 2 unspecified atom stereocenters. The van der Waals surface area contributed by atoms with Gasteiger partial charge in [-0.3, -0.25) is 24.1 Å². The summed E-state index contributed by atoms with van der Waals surface area (Å²) in [5, 5.41) is 2.15. The highest BCUT2D eigenvalue weighted by molar-refractivity contribution is 6.00. The smallest absolute Gasteiger partial charge is 0.382 e. The number of nitrogens with one attached hydrogen (secondary N) is 1. The van der Waals surface area contributed by atoms with Crippen LogP contribution in [0.5, 0.6) is 0 Å². The third-order valence-corrected chi connectivity index (χ3v) is 5.71. The minimum atomic E-state index is -5.17. The molecule has 0 aromatic heterocycles. The van der Waals surface area contributed by atoms with Crippen molar-refractivity contribution in [3.05, 3.63) is 78.0 Å². The van der Waals surface area contributed by atoms with Gasteiger partial charge >= 0.3 is 6.18 Å². The average molecular weight is 518 g/mol. The van der Waals surface area contributed by atoms with Crippen molar-refractivity contribution in [2.45, 2.75) is 31.6 Å². The van der Waals surface area contributed by atoms with Crippen molar-refractivity contribution < 1.29 is 37.1 Å². The molecule has 3 amide bonds. The first kappa shape index (κ1) is 27.6. The first-order valence-electron chi connectivity index (χ1n) is 11.3. The Labute approximate surface area is 211 Å². The molecule has 3 rings (SSSR count). The van der Waals surface area contributed by atoms with Crippen molar-refractivity contribution >= 4 is 29.2 Å². The van der Waals surface area contributed by atoms with E-state index in [1.165, 1.54) is 25.1 Å². The Kier molecular flexibility index (Phi) is 8.82. The van der Waals surface area contributed by atoms with E-state index in [9.17, 15) is 32.3 Å². The number of hydrogen-bond donors (Lipinski definition) is 1. The summed E-state index contributed by atoms with van der Waals surface area (Å²) in [6, 6.07) is 13.4. The summed E-state index contributed by atoms with van der Waals surface area (Å²) in [7, 11) is 1.34. The maximum atomic E-state index is 13.4. The van der Waals surface area contributed by atoms with E-state index in [4.69, 9.17) is 4.74 Å². The molecule has 196 valence electrons. The van der Waals surface area contributed by atoms with E-state index in [0.29, 0.717) is 11.1 Å². The maximum absolute atomic E-state index is 13.4. The van der Waals surface area contributed by atoms with Gasteiger partial charge in [0.2, 0.25) is 11.8 Å². The molecule has 1 heterocycles. The quantitative estimate of drug-likeness (QED) is 0.552. The Morgan fingerprint density at radius 2 is 1.62 bits per heavy atom. The summed E-state index contributed by atoms with van der Waals surface area (Å²) < 4.78 is 44.9. The van der Waals surface area contributed by atoms with Gasteiger partial charge in [0.05, 0.1) is 12.3 Å². The lowest BCUT2D eigenvalue weighted by Crippen LogP contribution is -2.57. The molecule has 0 radical (unpaired) electrons. The summed E-state index contributed by atoms with van der Waals surface area (Å²) in [4.78, 5) is 53.0. The number of carbonyl (C=O) groups is 4. The fraction of sp³-hybridized carbons (Fsp3) is 0.308. The monoisotopic (exact) mass is 517 g/mol. The lowest BCUT2D eigenvalue weighted by Gasteiger charge is -2.38. The Hall–Kier alpha value is -3.99. The number of alkyl halides is 3. The van der Waals surface area contributed by atoms with Crippen molar-refractivity contribution in [2.75, 3.05) is 20.3 Å². The van der Waals surface area contributed by atoms with Gasteiger partial charge in [-0.25, -0.2) is 0 Å². The minimum absolute atomic E-state index is 0.168. The second-order valence-corrected chi connectivity index (χ2v) is 8.37. The van der Waals surface area contributed by atoms with E-state index < -0.39 is 48.3 Å². The summed E-state index contributed by atoms with van der Waals surface area (Å²) in [5.41, 5.74) is 1.12. The molecule has 11 heteroatoms. The van der Waals surface area contributed by atoms with Crippen molar-refractivity contribution in [3.8, 4) is 0 Å². The molecular weight excluding hydrogens is 491 g/mol. The Morgan fingerprint density at radius 1 is 1.03 bits per heavy atom. The molecule has 37 heavy (non-hydrogen) atoms. The minimum Gasteiger partial charge on any atom is -0.382 e. The number of hydrogen-bond acceptors (Lipinski definition) is 5. The van der Waals surface area contributed by atoms with Gasteiger partial charge in [0.15, 0.2) is 0 Å². The predicted molar refractivity (Wildman–Crippen MR) is 127 cm³/mol. The maximum Gasteiger partial charge on any atom is 0.452 e. The molecule has 0 fully saturated rings. The lowest BCUT2D eigenvalue weighted by atomic mass is 10.0. The van der Waals surface area contributed by atoms with E-state index in [1.807, 2.05) is 0 Å². The average Bonchev–Trinajstić information content (AvgIpc) is 2.86. The van der Waals surface area contributed by atoms with E-state index >= 15 is 0 Å². The number of ether oxygens (including phenoxy) is 1. The van der Waals surface area contributed by atoms with Crippen LogP contribution >= 0.6 is 0 Å². The number of ketones is 1. The van der Waals surface area contributed by atoms with Crippen LogP contribution in [0.25, 0.3) is 5.70 Å². The number of Topliss-reactive ketones (excluding diaryl/α,β-unsaturated/α-hetero) is 1. The zero-order valence-electron chi connectivity index (χ0n) is 20.2.